The molecule has 1 aliphatic rings. The summed E-state index contributed by atoms with van der Waals surface area (Å²) in [6, 6.07) is 5.42. The van der Waals surface area contributed by atoms with Crippen LogP contribution in [0.2, 0.25) is 0 Å². The fourth-order valence-electron chi connectivity index (χ4n) is 2.15. The number of anilines is 1. The number of nitrogens with two attached hydrogens (primary N) is 1. The molecule has 0 saturated carbocycles. The van der Waals surface area contributed by atoms with Gasteiger partial charge < -0.3 is 15.8 Å². The first-order chi connectivity index (χ1) is 10.2. The summed E-state index contributed by atoms with van der Waals surface area (Å²) in [6.45, 7) is 3.06. The number of hydrogen-bond acceptors (Lipinski definition) is 4. The molecule has 6 nitrogen and oxygen atoms in total. The molecule has 0 fully saturated rings. The van der Waals surface area contributed by atoms with Crippen molar-refractivity contribution >= 4 is 17.5 Å². The first kappa shape index (κ1) is 15.3. The Labute approximate surface area is 124 Å². The Hall–Kier alpha value is -2.08. The Balaban J connectivity index is 2.09. The molecule has 0 bridgehead atoms. The number of unbranched alkanes of at least 4 members (excludes halogenated alkanes) is 1. The van der Waals surface area contributed by atoms with E-state index in [0.29, 0.717) is 24.5 Å². The van der Waals surface area contributed by atoms with Crippen molar-refractivity contribution in [3.05, 3.63) is 23.8 Å². The van der Waals surface area contributed by atoms with E-state index in [1.165, 1.54) is 4.90 Å². The Bertz CT molecular complexity index is 531. The first-order valence-electron chi connectivity index (χ1n) is 7.18. The maximum atomic E-state index is 12.0. The normalized spacial score (nSPS) is 13.6. The van der Waals surface area contributed by atoms with E-state index < -0.39 is 0 Å². The van der Waals surface area contributed by atoms with Gasteiger partial charge in [0, 0.05) is 13.1 Å². The highest BCUT2D eigenvalue weighted by atomic mass is 16.5. The van der Waals surface area contributed by atoms with Crippen LogP contribution in [-0.2, 0) is 16.1 Å². The molecule has 0 saturated heterocycles. The lowest BCUT2D eigenvalue weighted by atomic mass is 10.1. The van der Waals surface area contributed by atoms with E-state index in [0.717, 1.165) is 18.4 Å². The molecule has 1 aromatic rings. The van der Waals surface area contributed by atoms with Crippen molar-refractivity contribution in [1.82, 2.24) is 5.32 Å². The van der Waals surface area contributed by atoms with Crippen molar-refractivity contribution < 1.29 is 14.3 Å². The largest absolute Gasteiger partial charge is 0.482 e. The summed E-state index contributed by atoms with van der Waals surface area (Å²) in [5.74, 6) is 0.222. The Morgan fingerprint density at radius 1 is 1.48 bits per heavy atom. The fraction of sp³-hybridized carbons (Fsp3) is 0.467. The molecular weight excluding hydrogens is 270 g/mol. The third-order valence-corrected chi connectivity index (χ3v) is 3.36. The number of nitrogens with zero attached hydrogens (tertiary/aromatic N) is 1. The van der Waals surface area contributed by atoms with Crippen LogP contribution in [0.25, 0.3) is 0 Å². The predicted molar refractivity (Wildman–Crippen MR) is 80.1 cm³/mol. The van der Waals surface area contributed by atoms with E-state index in [9.17, 15) is 9.59 Å². The van der Waals surface area contributed by atoms with Gasteiger partial charge in [0.2, 0.25) is 5.91 Å². The third-order valence-electron chi connectivity index (χ3n) is 3.36. The van der Waals surface area contributed by atoms with E-state index in [2.05, 4.69) is 12.2 Å². The molecule has 1 aliphatic heterocycles. The summed E-state index contributed by atoms with van der Waals surface area (Å²) >= 11 is 0. The van der Waals surface area contributed by atoms with Crippen LogP contribution in [0.5, 0.6) is 5.75 Å². The van der Waals surface area contributed by atoms with E-state index >= 15 is 0 Å². The zero-order chi connectivity index (χ0) is 15.2. The molecule has 2 amide bonds. The van der Waals surface area contributed by atoms with Gasteiger partial charge in [0.25, 0.3) is 5.91 Å². The second-order valence-corrected chi connectivity index (χ2v) is 4.98. The van der Waals surface area contributed by atoms with Gasteiger partial charge in [0.15, 0.2) is 6.61 Å². The lowest BCUT2D eigenvalue weighted by Gasteiger charge is -2.29. The second kappa shape index (κ2) is 7.08. The lowest BCUT2D eigenvalue weighted by molar-refractivity contribution is -0.125. The summed E-state index contributed by atoms with van der Waals surface area (Å²) in [4.78, 5) is 25.3. The SMILES string of the molecule is CCCCNC(=O)CN1C(=O)COc2cc(CN)ccc21. The molecule has 0 radical (unpaired) electrons. The van der Waals surface area contributed by atoms with Crippen molar-refractivity contribution in [3.63, 3.8) is 0 Å². The highest BCUT2D eigenvalue weighted by Gasteiger charge is 2.27. The number of nitrogens with one attached hydrogen (secondary N) is 1. The number of benzene rings is 1. The molecule has 114 valence electrons. The zero-order valence-corrected chi connectivity index (χ0v) is 12.2. The van der Waals surface area contributed by atoms with Crippen LogP contribution in [0.4, 0.5) is 5.69 Å². The number of carbonyl (C=O) groups is 2. The fourth-order valence-corrected chi connectivity index (χ4v) is 2.15. The zero-order valence-electron chi connectivity index (χ0n) is 12.2. The number of amides is 2. The lowest BCUT2D eigenvalue weighted by Crippen LogP contribution is -2.45. The summed E-state index contributed by atoms with van der Waals surface area (Å²) in [5, 5.41) is 2.81. The first-order valence-corrected chi connectivity index (χ1v) is 7.18. The molecule has 3 N–H and O–H groups in total. The van der Waals surface area contributed by atoms with Crippen molar-refractivity contribution in [1.29, 1.82) is 0 Å². The van der Waals surface area contributed by atoms with Crippen LogP contribution in [-0.4, -0.2) is 31.5 Å². The number of ether oxygens (including phenoxy) is 1. The standard InChI is InChI=1S/C15H21N3O3/c1-2-3-6-17-14(19)9-18-12-5-4-11(8-16)7-13(12)21-10-15(18)20/h4-5,7H,2-3,6,8-10,16H2,1H3,(H,17,19). The van der Waals surface area contributed by atoms with Gasteiger partial charge in [-0.05, 0) is 24.1 Å². The van der Waals surface area contributed by atoms with Crippen molar-refractivity contribution in [2.75, 3.05) is 24.6 Å². The van der Waals surface area contributed by atoms with E-state index in [4.69, 9.17) is 10.5 Å². The molecule has 0 unspecified atom stereocenters. The molecule has 1 heterocycles. The van der Waals surface area contributed by atoms with Crippen LogP contribution in [0.15, 0.2) is 18.2 Å². The van der Waals surface area contributed by atoms with Crippen molar-refractivity contribution in [3.8, 4) is 5.75 Å². The highest BCUT2D eigenvalue weighted by Crippen LogP contribution is 2.32. The van der Waals surface area contributed by atoms with E-state index in [1.54, 1.807) is 6.07 Å². The maximum absolute atomic E-state index is 12.0. The smallest absolute Gasteiger partial charge is 0.265 e. The Morgan fingerprint density at radius 3 is 3.00 bits per heavy atom. The monoisotopic (exact) mass is 291 g/mol. The van der Waals surface area contributed by atoms with Gasteiger partial charge >= 0.3 is 0 Å². The van der Waals surface area contributed by atoms with E-state index in [-0.39, 0.29) is 25.0 Å². The van der Waals surface area contributed by atoms with Gasteiger partial charge in [0.05, 0.1) is 5.69 Å². The summed E-state index contributed by atoms with van der Waals surface area (Å²) < 4.78 is 5.41. The Kier molecular flexibility index (Phi) is 5.16. The molecule has 0 atom stereocenters. The molecule has 1 aromatic carbocycles. The van der Waals surface area contributed by atoms with Gasteiger partial charge in [-0.2, -0.15) is 0 Å². The number of carbonyl (C=O) groups excluding carboxylic acids is 2. The summed E-state index contributed by atoms with van der Waals surface area (Å²) in [6.07, 6.45) is 1.95. The van der Waals surface area contributed by atoms with Gasteiger partial charge in [-0.25, -0.2) is 0 Å². The average Bonchev–Trinajstić information content (AvgIpc) is 2.50. The van der Waals surface area contributed by atoms with Crippen molar-refractivity contribution in [2.24, 2.45) is 5.73 Å². The molecule has 21 heavy (non-hydrogen) atoms. The predicted octanol–water partition coefficient (Wildman–Crippen LogP) is 0.787. The molecule has 0 aliphatic carbocycles. The molecule has 0 spiro atoms. The van der Waals surface area contributed by atoms with Crippen LogP contribution < -0.4 is 20.7 Å². The Morgan fingerprint density at radius 2 is 2.29 bits per heavy atom. The molecule has 6 heteroatoms. The summed E-state index contributed by atoms with van der Waals surface area (Å²) in [5.41, 5.74) is 7.14. The van der Waals surface area contributed by atoms with Gasteiger partial charge in [-0.3, -0.25) is 14.5 Å². The molecular formula is C15H21N3O3. The van der Waals surface area contributed by atoms with E-state index in [1.807, 2.05) is 12.1 Å². The average molecular weight is 291 g/mol. The maximum Gasteiger partial charge on any atom is 0.265 e. The van der Waals surface area contributed by atoms with Gasteiger partial charge in [-0.1, -0.05) is 19.4 Å². The number of fused-ring (bicyclic) bond motifs is 1. The van der Waals surface area contributed by atoms with Crippen LogP contribution in [0.1, 0.15) is 25.3 Å². The second-order valence-electron chi connectivity index (χ2n) is 4.98. The van der Waals surface area contributed by atoms with Crippen LogP contribution in [0.3, 0.4) is 0 Å². The van der Waals surface area contributed by atoms with Gasteiger partial charge in [-0.15, -0.1) is 0 Å². The highest BCUT2D eigenvalue weighted by molar-refractivity contribution is 6.02. The van der Waals surface area contributed by atoms with Crippen LogP contribution >= 0.6 is 0 Å². The third kappa shape index (κ3) is 3.72. The van der Waals surface area contributed by atoms with Crippen LogP contribution in [0, 0.1) is 0 Å². The minimum absolute atomic E-state index is 0.0148. The van der Waals surface area contributed by atoms with Gasteiger partial charge in [0.1, 0.15) is 12.3 Å². The number of rotatable bonds is 6. The number of hydrogen-bond donors (Lipinski definition) is 2. The quantitative estimate of drug-likeness (QED) is 0.759. The minimum Gasteiger partial charge on any atom is -0.482 e. The minimum atomic E-state index is -0.214. The molecule has 2 rings (SSSR count). The topological polar surface area (TPSA) is 84.7 Å². The van der Waals surface area contributed by atoms with Crippen molar-refractivity contribution in [2.45, 2.75) is 26.3 Å². The summed E-state index contributed by atoms with van der Waals surface area (Å²) in [7, 11) is 0. The molecule has 0 aromatic heterocycles.